The molecule has 1 unspecified atom stereocenters. The van der Waals surface area contributed by atoms with Gasteiger partial charge in [0.25, 0.3) is 0 Å². The molecule has 1 saturated heterocycles. The third-order valence-corrected chi connectivity index (χ3v) is 3.48. The predicted octanol–water partition coefficient (Wildman–Crippen LogP) is 2.00. The number of nitrogens with zero attached hydrogens (tertiary/aromatic N) is 3. The van der Waals surface area contributed by atoms with E-state index in [2.05, 4.69) is 34.0 Å². The van der Waals surface area contributed by atoms with Crippen LogP contribution in [0.5, 0.6) is 0 Å². The van der Waals surface area contributed by atoms with Gasteiger partial charge < -0.3 is 5.32 Å². The van der Waals surface area contributed by atoms with E-state index in [9.17, 15) is 0 Å². The van der Waals surface area contributed by atoms with E-state index in [4.69, 9.17) is 0 Å². The summed E-state index contributed by atoms with van der Waals surface area (Å²) in [6.45, 7) is 10.9. The van der Waals surface area contributed by atoms with Crippen molar-refractivity contribution in [2.45, 2.75) is 46.2 Å². The molecule has 0 bridgehead atoms. The van der Waals surface area contributed by atoms with Crippen LogP contribution >= 0.6 is 0 Å². The Morgan fingerprint density at radius 2 is 2.32 bits per heavy atom. The van der Waals surface area contributed by atoms with Gasteiger partial charge in [-0.2, -0.15) is 0 Å². The summed E-state index contributed by atoms with van der Waals surface area (Å²) in [4.78, 5) is 11.2. The first-order valence-electron chi connectivity index (χ1n) is 7.37. The summed E-state index contributed by atoms with van der Waals surface area (Å²) in [7, 11) is 0. The van der Waals surface area contributed by atoms with Crippen LogP contribution in [0.2, 0.25) is 0 Å². The highest BCUT2D eigenvalue weighted by Crippen LogP contribution is 2.11. The lowest BCUT2D eigenvalue weighted by Gasteiger charge is -2.27. The monoisotopic (exact) mass is 262 g/mol. The largest absolute Gasteiger partial charge is 0.313 e. The number of aromatic nitrogens is 2. The normalized spacial score (nSPS) is 19.5. The lowest BCUT2D eigenvalue weighted by Crippen LogP contribution is -2.39. The predicted molar refractivity (Wildman–Crippen MR) is 77.9 cm³/mol. The van der Waals surface area contributed by atoms with Crippen molar-refractivity contribution in [3.63, 3.8) is 0 Å². The molecular weight excluding hydrogens is 236 g/mol. The maximum Gasteiger partial charge on any atom is 0.125 e. The van der Waals surface area contributed by atoms with E-state index in [-0.39, 0.29) is 0 Å². The van der Waals surface area contributed by atoms with E-state index in [0.29, 0.717) is 12.0 Å². The van der Waals surface area contributed by atoms with Gasteiger partial charge in [-0.25, -0.2) is 9.97 Å². The smallest absolute Gasteiger partial charge is 0.125 e. The molecule has 1 fully saturated rings. The van der Waals surface area contributed by atoms with Crippen molar-refractivity contribution in [2.24, 2.45) is 5.92 Å². The zero-order chi connectivity index (χ0) is 13.7. The fraction of sp³-hybridized carbons (Fsp3) is 0.733. The van der Waals surface area contributed by atoms with Gasteiger partial charge in [-0.3, -0.25) is 4.90 Å². The van der Waals surface area contributed by atoms with Crippen LogP contribution in [-0.2, 0) is 6.54 Å². The molecule has 1 aliphatic heterocycles. The van der Waals surface area contributed by atoms with Gasteiger partial charge in [0, 0.05) is 31.9 Å². The van der Waals surface area contributed by atoms with Crippen molar-refractivity contribution in [1.29, 1.82) is 0 Å². The molecule has 1 N–H and O–H groups in total. The fourth-order valence-electron chi connectivity index (χ4n) is 2.77. The van der Waals surface area contributed by atoms with Gasteiger partial charge in [0.05, 0.1) is 5.69 Å². The molecule has 1 aromatic heterocycles. The topological polar surface area (TPSA) is 41.1 Å². The molecule has 106 valence electrons. The van der Waals surface area contributed by atoms with E-state index in [0.717, 1.165) is 31.2 Å². The quantitative estimate of drug-likeness (QED) is 0.851. The Bertz CT molecular complexity index is 385. The molecule has 0 radical (unpaired) electrons. The Morgan fingerprint density at radius 3 is 2.95 bits per heavy atom. The molecule has 0 spiro atoms. The molecule has 2 heterocycles. The van der Waals surface area contributed by atoms with Crippen molar-refractivity contribution in [3.05, 3.63) is 23.8 Å². The second-order valence-electron chi connectivity index (χ2n) is 5.98. The van der Waals surface area contributed by atoms with E-state index in [1.165, 1.54) is 19.4 Å². The van der Waals surface area contributed by atoms with Gasteiger partial charge in [-0.05, 0) is 38.3 Å². The van der Waals surface area contributed by atoms with Crippen LogP contribution in [0.3, 0.4) is 0 Å². The summed E-state index contributed by atoms with van der Waals surface area (Å²) in [6, 6.07) is 2.68. The van der Waals surface area contributed by atoms with E-state index in [1.54, 1.807) is 0 Å². The highest BCUT2D eigenvalue weighted by Gasteiger charge is 2.19. The van der Waals surface area contributed by atoms with Gasteiger partial charge in [0.2, 0.25) is 0 Å². The van der Waals surface area contributed by atoms with E-state index < -0.39 is 0 Å². The molecule has 0 saturated carbocycles. The van der Waals surface area contributed by atoms with Crippen LogP contribution in [0.4, 0.5) is 0 Å². The Kier molecular flexibility index (Phi) is 5.28. The molecule has 4 nitrogen and oxygen atoms in total. The zero-order valence-corrected chi connectivity index (χ0v) is 12.4. The van der Waals surface area contributed by atoms with Crippen molar-refractivity contribution < 1.29 is 0 Å². The first-order chi connectivity index (χ1) is 9.13. The minimum absolute atomic E-state index is 0.654. The van der Waals surface area contributed by atoms with Gasteiger partial charge in [0.1, 0.15) is 5.82 Å². The van der Waals surface area contributed by atoms with Crippen molar-refractivity contribution in [1.82, 2.24) is 20.2 Å². The lowest BCUT2D eigenvalue weighted by molar-refractivity contribution is 0.213. The molecule has 1 aromatic rings. The Hall–Kier alpha value is -1.00. The summed E-state index contributed by atoms with van der Waals surface area (Å²) in [5.74, 6) is 1.55. The number of rotatable bonds is 6. The summed E-state index contributed by atoms with van der Waals surface area (Å²) in [5.41, 5.74) is 1.13. The SMILES string of the molecule is Cc1nccc(CN(CC(C)C)CC2CCCN2)n1. The second kappa shape index (κ2) is 6.96. The standard InChI is InChI=1S/C15H26N4/c1-12(2)9-19(10-14-5-4-7-17-14)11-15-6-8-16-13(3)18-15/h6,8,12,14,17H,4-5,7,9-11H2,1-3H3. The molecule has 19 heavy (non-hydrogen) atoms. The molecule has 1 aliphatic rings. The maximum atomic E-state index is 4.52. The van der Waals surface area contributed by atoms with Crippen LogP contribution in [0.15, 0.2) is 12.3 Å². The van der Waals surface area contributed by atoms with Crippen LogP contribution in [0.1, 0.15) is 38.2 Å². The number of aryl methyl sites for hydroxylation is 1. The number of hydrogen-bond acceptors (Lipinski definition) is 4. The summed E-state index contributed by atoms with van der Waals surface area (Å²) in [5, 5.41) is 3.58. The maximum absolute atomic E-state index is 4.52. The Morgan fingerprint density at radius 1 is 1.47 bits per heavy atom. The van der Waals surface area contributed by atoms with Crippen LogP contribution < -0.4 is 5.32 Å². The molecule has 2 rings (SSSR count). The first-order valence-corrected chi connectivity index (χ1v) is 7.37. The minimum atomic E-state index is 0.654. The third-order valence-electron chi connectivity index (χ3n) is 3.48. The van der Waals surface area contributed by atoms with Crippen LogP contribution in [0.25, 0.3) is 0 Å². The molecule has 4 heteroatoms. The molecular formula is C15H26N4. The Balaban J connectivity index is 1.96. The molecule has 1 atom stereocenters. The minimum Gasteiger partial charge on any atom is -0.313 e. The van der Waals surface area contributed by atoms with Gasteiger partial charge in [-0.15, -0.1) is 0 Å². The van der Waals surface area contributed by atoms with Crippen molar-refractivity contribution in [2.75, 3.05) is 19.6 Å². The highest BCUT2D eigenvalue weighted by atomic mass is 15.2. The summed E-state index contributed by atoms with van der Waals surface area (Å²) < 4.78 is 0. The molecule has 0 aliphatic carbocycles. The third kappa shape index (κ3) is 4.88. The number of hydrogen-bond donors (Lipinski definition) is 1. The van der Waals surface area contributed by atoms with Crippen molar-refractivity contribution >= 4 is 0 Å². The van der Waals surface area contributed by atoms with Crippen LogP contribution in [0, 0.1) is 12.8 Å². The molecule has 0 aromatic carbocycles. The van der Waals surface area contributed by atoms with E-state index >= 15 is 0 Å². The lowest BCUT2D eigenvalue weighted by atomic mass is 10.1. The Labute approximate surface area is 116 Å². The first kappa shape index (κ1) is 14.4. The van der Waals surface area contributed by atoms with Gasteiger partial charge in [-0.1, -0.05) is 13.8 Å². The molecule has 0 amide bonds. The highest BCUT2D eigenvalue weighted by molar-refractivity contribution is 5.01. The van der Waals surface area contributed by atoms with E-state index in [1.807, 2.05) is 19.2 Å². The summed E-state index contributed by atoms with van der Waals surface area (Å²) in [6.07, 6.45) is 4.48. The number of nitrogens with one attached hydrogen (secondary N) is 1. The second-order valence-corrected chi connectivity index (χ2v) is 5.98. The fourth-order valence-corrected chi connectivity index (χ4v) is 2.77. The van der Waals surface area contributed by atoms with Crippen molar-refractivity contribution in [3.8, 4) is 0 Å². The zero-order valence-electron chi connectivity index (χ0n) is 12.4. The summed E-state index contributed by atoms with van der Waals surface area (Å²) >= 11 is 0. The van der Waals surface area contributed by atoms with Gasteiger partial charge in [0.15, 0.2) is 0 Å². The van der Waals surface area contributed by atoms with Gasteiger partial charge >= 0.3 is 0 Å². The average Bonchev–Trinajstić information content (AvgIpc) is 2.80. The average molecular weight is 262 g/mol. The van der Waals surface area contributed by atoms with Crippen LogP contribution in [-0.4, -0.2) is 40.5 Å².